The number of imide groups is 1. The summed E-state index contributed by atoms with van der Waals surface area (Å²) < 4.78 is 0. The van der Waals surface area contributed by atoms with Crippen LogP contribution in [-0.2, 0) is 4.79 Å². The number of thioether (sulfide) groups is 1. The highest BCUT2D eigenvalue weighted by atomic mass is 32.2. The molecule has 8 heteroatoms. The minimum atomic E-state index is -0.326. The molecule has 0 aliphatic carbocycles. The standard InChI is InChI=1S/C16H16N4O3S/c1-10-2-4-11(5-3-10)12-8-13(19-18-12)15(22)17-6-7-20-14(21)9-24-16(20)23/h2-5,8H,6-7,9H2,1H3,(H,17,22)(H,18,19). The number of nitrogens with one attached hydrogen (secondary N) is 2. The Morgan fingerprint density at radius 1 is 1.33 bits per heavy atom. The third-order valence-electron chi connectivity index (χ3n) is 3.63. The molecule has 1 saturated heterocycles. The van der Waals surface area contributed by atoms with Crippen molar-refractivity contribution in [3.05, 3.63) is 41.6 Å². The third kappa shape index (κ3) is 3.48. The van der Waals surface area contributed by atoms with Gasteiger partial charge < -0.3 is 5.32 Å². The molecule has 2 N–H and O–H groups in total. The maximum absolute atomic E-state index is 12.1. The maximum Gasteiger partial charge on any atom is 0.288 e. The first kappa shape index (κ1) is 16.3. The summed E-state index contributed by atoms with van der Waals surface area (Å²) in [6, 6.07) is 9.50. The van der Waals surface area contributed by atoms with E-state index in [0.717, 1.165) is 27.8 Å². The van der Waals surface area contributed by atoms with Gasteiger partial charge >= 0.3 is 0 Å². The Morgan fingerprint density at radius 2 is 2.08 bits per heavy atom. The zero-order chi connectivity index (χ0) is 17.1. The summed E-state index contributed by atoms with van der Waals surface area (Å²) in [5, 5.41) is 9.25. The van der Waals surface area contributed by atoms with E-state index in [2.05, 4.69) is 15.5 Å². The van der Waals surface area contributed by atoms with Gasteiger partial charge in [0, 0.05) is 18.7 Å². The second kappa shape index (κ2) is 6.88. The first-order valence-corrected chi connectivity index (χ1v) is 8.41. The fourth-order valence-electron chi connectivity index (χ4n) is 2.28. The van der Waals surface area contributed by atoms with E-state index in [1.807, 2.05) is 31.2 Å². The van der Waals surface area contributed by atoms with E-state index in [1.54, 1.807) is 6.07 Å². The van der Waals surface area contributed by atoms with Crippen LogP contribution in [0.4, 0.5) is 4.79 Å². The normalized spacial score (nSPS) is 14.3. The average molecular weight is 344 g/mol. The number of aromatic amines is 1. The molecule has 124 valence electrons. The molecule has 1 fully saturated rings. The summed E-state index contributed by atoms with van der Waals surface area (Å²) in [5.74, 6) is -0.372. The second-order valence-electron chi connectivity index (χ2n) is 5.39. The lowest BCUT2D eigenvalue weighted by Gasteiger charge is -2.12. The number of benzene rings is 1. The molecule has 3 rings (SSSR count). The lowest BCUT2D eigenvalue weighted by Crippen LogP contribution is -2.37. The summed E-state index contributed by atoms with van der Waals surface area (Å²) in [6.45, 7) is 2.38. The smallest absolute Gasteiger partial charge is 0.288 e. The number of carbonyl (C=O) groups excluding carboxylic acids is 3. The molecule has 1 aromatic heterocycles. The van der Waals surface area contributed by atoms with Gasteiger partial charge in [-0.1, -0.05) is 41.6 Å². The molecule has 7 nitrogen and oxygen atoms in total. The molecule has 0 radical (unpaired) electrons. The van der Waals surface area contributed by atoms with Crippen molar-refractivity contribution in [2.45, 2.75) is 6.92 Å². The molecule has 0 atom stereocenters. The first-order chi connectivity index (χ1) is 11.5. The van der Waals surface area contributed by atoms with Crippen molar-refractivity contribution in [1.29, 1.82) is 0 Å². The number of amides is 3. The first-order valence-electron chi connectivity index (χ1n) is 7.42. The van der Waals surface area contributed by atoms with E-state index in [0.29, 0.717) is 11.4 Å². The molecule has 0 bridgehead atoms. The van der Waals surface area contributed by atoms with Crippen molar-refractivity contribution >= 4 is 28.8 Å². The zero-order valence-corrected chi connectivity index (χ0v) is 13.9. The van der Waals surface area contributed by atoms with Gasteiger partial charge in [0.25, 0.3) is 11.1 Å². The van der Waals surface area contributed by atoms with Gasteiger partial charge in [0.15, 0.2) is 0 Å². The predicted octanol–water partition coefficient (Wildman–Crippen LogP) is 1.81. The lowest BCUT2D eigenvalue weighted by atomic mass is 10.1. The van der Waals surface area contributed by atoms with E-state index in [1.165, 1.54) is 0 Å². The number of hydrogen-bond acceptors (Lipinski definition) is 5. The van der Waals surface area contributed by atoms with Gasteiger partial charge in [0.05, 0.1) is 11.4 Å². The van der Waals surface area contributed by atoms with Crippen LogP contribution in [0.1, 0.15) is 16.1 Å². The summed E-state index contributed by atoms with van der Waals surface area (Å²) >= 11 is 0.979. The van der Waals surface area contributed by atoms with Crippen LogP contribution in [0.2, 0.25) is 0 Å². The second-order valence-corrected chi connectivity index (χ2v) is 6.32. The SMILES string of the molecule is Cc1ccc(-c2cc(C(=O)NCCN3C(=O)CSC3=O)[nH]n2)cc1. The molecular weight excluding hydrogens is 328 g/mol. The maximum atomic E-state index is 12.1. The Morgan fingerprint density at radius 3 is 2.75 bits per heavy atom. The van der Waals surface area contributed by atoms with Crippen molar-refractivity contribution in [1.82, 2.24) is 20.4 Å². The molecule has 1 aliphatic rings. The largest absolute Gasteiger partial charge is 0.349 e. The summed E-state index contributed by atoms with van der Waals surface area (Å²) in [5.41, 5.74) is 3.08. The van der Waals surface area contributed by atoms with Crippen LogP contribution in [0.3, 0.4) is 0 Å². The summed E-state index contributed by atoms with van der Waals surface area (Å²) in [6.07, 6.45) is 0. The Kier molecular flexibility index (Phi) is 4.66. The molecule has 0 unspecified atom stereocenters. The van der Waals surface area contributed by atoms with Crippen molar-refractivity contribution in [2.24, 2.45) is 0 Å². The molecule has 3 amide bonds. The predicted molar refractivity (Wildman–Crippen MR) is 90.7 cm³/mol. The highest BCUT2D eigenvalue weighted by Crippen LogP contribution is 2.19. The molecule has 1 aromatic carbocycles. The van der Waals surface area contributed by atoms with E-state index in [9.17, 15) is 14.4 Å². The minimum Gasteiger partial charge on any atom is -0.349 e. The van der Waals surface area contributed by atoms with Crippen molar-refractivity contribution < 1.29 is 14.4 Å². The van der Waals surface area contributed by atoms with E-state index in [-0.39, 0.29) is 35.9 Å². The van der Waals surface area contributed by atoms with Crippen LogP contribution in [0.25, 0.3) is 11.3 Å². The van der Waals surface area contributed by atoms with Crippen LogP contribution in [0, 0.1) is 6.92 Å². The van der Waals surface area contributed by atoms with E-state index in [4.69, 9.17) is 0 Å². The number of hydrogen-bond donors (Lipinski definition) is 2. The van der Waals surface area contributed by atoms with Crippen molar-refractivity contribution in [3.63, 3.8) is 0 Å². The number of aryl methyl sites for hydroxylation is 1. The zero-order valence-electron chi connectivity index (χ0n) is 13.0. The van der Waals surface area contributed by atoms with Crippen LogP contribution in [0.15, 0.2) is 30.3 Å². The van der Waals surface area contributed by atoms with Crippen LogP contribution >= 0.6 is 11.8 Å². The van der Waals surface area contributed by atoms with Crippen LogP contribution in [0.5, 0.6) is 0 Å². The number of carbonyl (C=O) groups is 3. The van der Waals surface area contributed by atoms with Crippen LogP contribution < -0.4 is 5.32 Å². The highest BCUT2D eigenvalue weighted by molar-refractivity contribution is 8.14. The van der Waals surface area contributed by atoms with Crippen LogP contribution in [-0.4, -0.2) is 51.0 Å². The molecular formula is C16H16N4O3S. The number of rotatable bonds is 5. The third-order valence-corrected chi connectivity index (χ3v) is 4.49. The van der Waals surface area contributed by atoms with Crippen molar-refractivity contribution in [2.75, 3.05) is 18.8 Å². The highest BCUT2D eigenvalue weighted by Gasteiger charge is 2.29. The minimum absolute atomic E-state index is 0.174. The topological polar surface area (TPSA) is 95.2 Å². The molecule has 0 saturated carbocycles. The molecule has 2 heterocycles. The molecule has 0 spiro atoms. The monoisotopic (exact) mass is 344 g/mol. The fourth-order valence-corrected chi connectivity index (χ4v) is 3.04. The summed E-state index contributed by atoms with van der Waals surface area (Å²) in [4.78, 5) is 36.2. The lowest BCUT2D eigenvalue weighted by molar-refractivity contribution is -0.124. The van der Waals surface area contributed by atoms with Crippen molar-refractivity contribution in [3.8, 4) is 11.3 Å². The van der Waals surface area contributed by atoms with Gasteiger partial charge in [-0.05, 0) is 13.0 Å². The Bertz CT molecular complexity index is 769. The number of aromatic nitrogens is 2. The Hall–Kier alpha value is -2.61. The number of nitrogens with zero attached hydrogens (tertiary/aromatic N) is 2. The molecule has 24 heavy (non-hydrogen) atoms. The average Bonchev–Trinajstić information content (AvgIpc) is 3.17. The van der Waals surface area contributed by atoms with Gasteiger partial charge in [-0.2, -0.15) is 5.10 Å². The summed E-state index contributed by atoms with van der Waals surface area (Å²) in [7, 11) is 0. The Labute approximate surface area is 142 Å². The number of H-pyrrole nitrogens is 1. The quantitative estimate of drug-likeness (QED) is 0.862. The van der Waals surface area contributed by atoms with Gasteiger partial charge in [0.2, 0.25) is 5.91 Å². The fraction of sp³-hybridized carbons (Fsp3) is 0.250. The van der Waals surface area contributed by atoms with Gasteiger partial charge in [0.1, 0.15) is 5.69 Å². The van der Waals surface area contributed by atoms with Gasteiger partial charge in [-0.3, -0.25) is 24.4 Å². The molecule has 2 aromatic rings. The Balaban J connectivity index is 1.57. The van der Waals surface area contributed by atoms with E-state index < -0.39 is 0 Å². The van der Waals surface area contributed by atoms with E-state index >= 15 is 0 Å². The molecule has 1 aliphatic heterocycles. The van der Waals surface area contributed by atoms with Gasteiger partial charge in [-0.25, -0.2) is 0 Å². The van der Waals surface area contributed by atoms with Gasteiger partial charge in [-0.15, -0.1) is 0 Å².